The summed E-state index contributed by atoms with van der Waals surface area (Å²) in [6.07, 6.45) is 0. The maximum atomic E-state index is 8.25. The first-order valence-corrected chi connectivity index (χ1v) is 1.06. The second-order valence-corrected chi connectivity index (χ2v) is 0. The standard InChI is InChI=1S/Cd.Ga.GeO.In/c;;1-2;. The molecule has 0 amide bonds. The average molecular weight is 386 g/mol. The molecular weight excluding hydrogens is 386 g/mol. The summed E-state index contributed by atoms with van der Waals surface area (Å²) in [4.78, 5) is 0. The molecule has 0 aromatic rings. The van der Waals surface area contributed by atoms with Gasteiger partial charge in [0.2, 0.25) is 0 Å². The van der Waals surface area contributed by atoms with Crippen LogP contribution in [0.15, 0.2) is 0 Å². The van der Waals surface area contributed by atoms with Crippen LogP contribution in [0.1, 0.15) is 0 Å². The Labute approximate surface area is 91.5 Å². The van der Waals surface area contributed by atoms with E-state index in [0.717, 1.165) is 16.5 Å². The van der Waals surface area contributed by atoms with E-state index < -0.39 is 0 Å². The van der Waals surface area contributed by atoms with Gasteiger partial charge in [0.25, 0.3) is 0 Å². The Morgan fingerprint density at radius 3 is 1.20 bits per heavy atom. The monoisotopic (exact) mass is 388 g/mol. The molecule has 0 aromatic heterocycles. The predicted molar refractivity (Wildman–Crippen MR) is 17.9 cm³/mol. The molecule has 0 bridgehead atoms. The maximum absolute atomic E-state index is 8.25. The first kappa shape index (κ1) is 25.1. The fourth-order valence-electron chi connectivity index (χ4n) is 0. The summed E-state index contributed by atoms with van der Waals surface area (Å²) in [6.45, 7) is 0. The zero-order valence-electron chi connectivity index (χ0n) is 2.77. The topological polar surface area (TPSA) is 17.1 Å². The van der Waals surface area contributed by atoms with Crippen LogP contribution in [0.5, 0.6) is 0 Å². The third-order valence-corrected chi connectivity index (χ3v) is 0. The molecule has 0 N–H and O–H groups in total. The van der Waals surface area contributed by atoms with Crippen molar-refractivity contribution >= 4 is 62.1 Å². The summed E-state index contributed by atoms with van der Waals surface area (Å²) in [5.41, 5.74) is 0. The second-order valence-electron chi connectivity index (χ2n) is 0. The van der Waals surface area contributed by atoms with Gasteiger partial charge in [-0.15, -0.1) is 0 Å². The first-order valence-electron chi connectivity index (χ1n) is 0.204. The van der Waals surface area contributed by atoms with Crippen molar-refractivity contribution in [1.82, 2.24) is 0 Å². The van der Waals surface area contributed by atoms with E-state index in [1.54, 1.807) is 0 Å². The summed E-state index contributed by atoms with van der Waals surface area (Å²) in [7, 11) is 0. The second kappa shape index (κ2) is 29.4. The molecule has 0 saturated heterocycles. The fourth-order valence-corrected chi connectivity index (χ4v) is 0. The summed E-state index contributed by atoms with van der Waals surface area (Å²) < 4.78 is 8.25. The number of rotatable bonds is 0. The van der Waals surface area contributed by atoms with Crippen LogP contribution in [0.2, 0.25) is 0 Å². The van der Waals surface area contributed by atoms with Crippen LogP contribution >= 0.6 is 0 Å². The van der Waals surface area contributed by atoms with Gasteiger partial charge in [-0.3, -0.25) is 0 Å². The molecule has 0 aliphatic heterocycles. The summed E-state index contributed by atoms with van der Waals surface area (Å²) in [6, 6.07) is 0. The third kappa shape index (κ3) is 20.1. The summed E-state index contributed by atoms with van der Waals surface area (Å²) >= 11 is 0.750. The first-order chi connectivity index (χ1) is 1.00. The Hall–Kier alpha value is 2.77. The van der Waals surface area contributed by atoms with Crippen molar-refractivity contribution in [3.8, 4) is 0 Å². The molecule has 0 aromatic carbocycles. The van der Waals surface area contributed by atoms with Gasteiger partial charge >= 0.3 is 20.2 Å². The molecule has 0 aliphatic rings. The Morgan fingerprint density at radius 1 is 1.20 bits per heavy atom. The molecule has 0 saturated carbocycles. The Morgan fingerprint density at radius 2 is 1.20 bits per heavy atom. The van der Waals surface area contributed by atoms with E-state index in [-0.39, 0.29) is 72.9 Å². The molecule has 0 heterocycles. The van der Waals surface area contributed by atoms with E-state index in [0.29, 0.717) is 0 Å². The quantitative estimate of drug-likeness (QED) is 0.476. The van der Waals surface area contributed by atoms with E-state index in [1.165, 1.54) is 0 Å². The van der Waals surface area contributed by atoms with Gasteiger partial charge in [0, 0.05) is 72.9 Å². The van der Waals surface area contributed by atoms with Gasteiger partial charge < -0.3 is 0 Å². The zero-order valence-corrected chi connectivity index (χ0v) is 14.6. The van der Waals surface area contributed by atoms with Crippen LogP contribution in [-0.2, 0) is 31.1 Å². The van der Waals surface area contributed by atoms with E-state index in [2.05, 4.69) is 0 Å². The van der Waals surface area contributed by atoms with Gasteiger partial charge in [-0.2, -0.15) is 0 Å². The van der Waals surface area contributed by atoms with Crippen LogP contribution in [0.3, 0.4) is 0 Å². The molecule has 1 nitrogen and oxygen atoms in total. The van der Waals surface area contributed by atoms with Crippen molar-refractivity contribution < 1.29 is 31.1 Å². The van der Waals surface area contributed by atoms with Gasteiger partial charge in [0.1, 0.15) is 0 Å². The van der Waals surface area contributed by atoms with Gasteiger partial charge in [0.15, 0.2) is 0 Å². The Kier molecular flexibility index (Phi) is 147. The van der Waals surface area contributed by atoms with Crippen molar-refractivity contribution in [1.29, 1.82) is 0 Å². The number of hydrogen-bond acceptors (Lipinski definition) is 1. The van der Waals surface area contributed by atoms with E-state index in [9.17, 15) is 0 Å². The molecule has 0 atom stereocenters. The van der Waals surface area contributed by atoms with Crippen molar-refractivity contribution in [3.05, 3.63) is 0 Å². The molecule has 0 aliphatic carbocycles. The summed E-state index contributed by atoms with van der Waals surface area (Å²) in [5, 5.41) is 0. The van der Waals surface area contributed by atoms with Crippen LogP contribution < -0.4 is 0 Å². The third-order valence-electron chi connectivity index (χ3n) is 0. The minimum atomic E-state index is 0. The van der Waals surface area contributed by atoms with Crippen molar-refractivity contribution in [2.45, 2.75) is 0 Å². The Balaban J connectivity index is -0.00000000167. The fraction of sp³-hybridized carbons (Fsp3) is 0. The normalized spacial score (nSPS) is 0.800. The molecule has 5 heavy (non-hydrogen) atoms. The van der Waals surface area contributed by atoms with Crippen LogP contribution in [0.4, 0.5) is 0 Å². The van der Waals surface area contributed by atoms with Crippen molar-refractivity contribution in [2.75, 3.05) is 0 Å². The van der Waals surface area contributed by atoms with Gasteiger partial charge in [-0.25, -0.2) is 0 Å². The van der Waals surface area contributed by atoms with Crippen molar-refractivity contribution in [3.63, 3.8) is 0 Å². The summed E-state index contributed by atoms with van der Waals surface area (Å²) in [5.74, 6) is 0. The van der Waals surface area contributed by atoms with Gasteiger partial charge in [-0.1, -0.05) is 0 Å². The van der Waals surface area contributed by atoms with Gasteiger partial charge in [-0.05, 0) is 0 Å². The predicted octanol–water partition coefficient (Wildman–Crippen LogP) is -1.26. The molecule has 0 spiro atoms. The van der Waals surface area contributed by atoms with Crippen LogP contribution in [0.25, 0.3) is 0 Å². The zero-order chi connectivity index (χ0) is 2.00. The van der Waals surface area contributed by atoms with E-state index >= 15 is 0 Å². The Bertz CT molecular complexity index is 11.6. The van der Waals surface area contributed by atoms with E-state index in [4.69, 9.17) is 3.78 Å². The molecule has 18 valence electrons. The van der Waals surface area contributed by atoms with Crippen molar-refractivity contribution in [2.24, 2.45) is 0 Å². The number of hydrogen-bond donors (Lipinski definition) is 0. The molecule has 8 radical (unpaired) electrons. The minimum absolute atomic E-state index is 0. The molecule has 5 heteroatoms. The molecule has 0 rings (SSSR count). The average Bonchev–Trinajstić information content (AvgIpc) is 1.00. The van der Waals surface area contributed by atoms with Crippen LogP contribution in [-0.4, -0.2) is 62.1 Å². The molecule has 0 unspecified atom stereocenters. The SMILES string of the molecule is [Cd].[Ga].[In].[O]=[Ge]. The van der Waals surface area contributed by atoms with Crippen LogP contribution in [0, 0.1) is 0 Å². The molecular formula is CdGaGeInO. The van der Waals surface area contributed by atoms with Gasteiger partial charge in [0.05, 0.1) is 0 Å². The molecule has 0 fully saturated rings. The van der Waals surface area contributed by atoms with E-state index in [1.807, 2.05) is 0 Å².